The van der Waals surface area contributed by atoms with Gasteiger partial charge in [0.15, 0.2) is 0 Å². The van der Waals surface area contributed by atoms with Crippen molar-refractivity contribution in [3.05, 3.63) is 34.3 Å². The van der Waals surface area contributed by atoms with Gasteiger partial charge >= 0.3 is 0 Å². The molecule has 68 valence electrons. The molecule has 1 N–H and O–H groups in total. The van der Waals surface area contributed by atoms with E-state index in [0.717, 1.165) is 17.9 Å². The quantitative estimate of drug-likeness (QED) is 0.674. The van der Waals surface area contributed by atoms with E-state index >= 15 is 0 Å². The number of rotatable bonds is 0. The zero-order chi connectivity index (χ0) is 9.00. The number of halogens is 1. The molecule has 1 aromatic carbocycles. The summed E-state index contributed by atoms with van der Waals surface area (Å²) >= 11 is 6.12. The van der Waals surface area contributed by atoms with E-state index in [9.17, 15) is 5.11 Å². The molecule has 2 aliphatic rings. The van der Waals surface area contributed by atoms with E-state index in [4.69, 9.17) is 11.6 Å². The highest BCUT2D eigenvalue weighted by Gasteiger charge is 2.45. The van der Waals surface area contributed by atoms with Gasteiger partial charge < -0.3 is 5.11 Å². The summed E-state index contributed by atoms with van der Waals surface area (Å²) in [4.78, 5) is 0. The molecule has 3 rings (SSSR count). The summed E-state index contributed by atoms with van der Waals surface area (Å²) in [5.74, 6) is 0.674. The smallest absolute Gasteiger partial charge is 0.0677 e. The van der Waals surface area contributed by atoms with E-state index in [1.807, 2.05) is 12.1 Å². The summed E-state index contributed by atoms with van der Waals surface area (Å²) in [5, 5.41) is 10.8. The molecule has 0 radical (unpaired) electrons. The van der Waals surface area contributed by atoms with Gasteiger partial charge in [-0.3, -0.25) is 0 Å². The molecule has 0 saturated heterocycles. The average molecular weight is 195 g/mol. The van der Waals surface area contributed by atoms with Crippen molar-refractivity contribution in [1.29, 1.82) is 0 Å². The standard InChI is InChI=1S/C11H11ClO/c12-9-3-1-2-6-7-4-5-8(10(6)9)11(7)13/h1-3,7-8,11,13H,4-5H2. The average Bonchev–Trinajstić information content (AvgIpc) is 2.61. The molecule has 1 saturated carbocycles. The Morgan fingerprint density at radius 1 is 1.23 bits per heavy atom. The fourth-order valence-electron chi connectivity index (χ4n) is 2.90. The fourth-order valence-corrected chi connectivity index (χ4v) is 3.23. The van der Waals surface area contributed by atoms with Crippen molar-refractivity contribution in [3.8, 4) is 0 Å². The van der Waals surface area contributed by atoms with Gasteiger partial charge in [0, 0.05) is 16.9 Å². The fraction of sp³-hybridized carbons (Fsp3) is 0.455. The lowest BCUT2D eigenvalue weighted by Gasteiger charge is -2.14. The minimum absolute atomic E-state index is 0.171. The van der Waals surface area contributed by atoms with E-state index in [0.29, 0.717) is 11.8 Å². The van der Waals surface area contributed by atoms with Crippen LogP contribution >= 0.6 is 11.6 Å². The summed E-state index contributed by atoms with van der Waals surface area (Å²) in [5.41, 5.74) is 2.50. The molecular formula is C11H11ClO. The number of hydrogen-bond acceptors (Lipinski definition) is 1. The molecule has 13 heavy (non-hydrogen) atoms. The van der Waals surface area contributed by atoms with Crippen LogP contribution in [-0.4, -0.2) is 11.2 Å². The number of hydrogen-bond donors (Lipinski definition) is 1. The van der Waals surface area contributed by atoms with Gasteiger partial charge in [-0.2, -0.15) is 0 Å². The third kappa shape index (κ3) is 0.866. The normalized spacial score (nSPS) is 35.1. The Labute approximate surface area is 82.3 Å². The lowest BCUT2D eigenvalue weighted by Crippen LogP contribution is -2.08. The summed E-state index contributed by atoms with van der Waals surface area (Å²) < 4.78 is 0. The lowest BCUT2D eigenvalue weighted by molar-refractivity contribution is 0.159. The molecule has 0 amide bonds. The van der Waals surface area contributed by atoms with Crippen LogP contribution in [0.2, 0.25) is 5.02 Å². The van der Waals surface area contributed by atoms with Gasteiger partial charge in [0.05, 0.1) is 6.10 Å². The first kappa shape index (κ1) is 7.84. The van der Waals surface area contributed by atoms with Crippen LogP contribution in [0.4, 0.5) is 0 Å². The van der Waals surface area contributed by atoms with Crippen LogP contribution < -0.4 is 0 Å². The van der Waals surface area contributed by atoms with Gasteiger partial charge in [-0.05, 0) is 30.0 Å². The van der Waals surface area contributed by atoms with Crippen LogP contribution in [0.1, 0.15) is 35.8 Å². The van der Waals surface area contributed by atoms with Crippen LogP contribution in [0.15, 0.2) is 18.2 Å². The Bertz CT molecular complexity index is 361. The van der Waals surface area contributed by atoms with E-state index < -0.39 is 0 Å². The van der Waals surface area contributed by atoms with Crippen LogP contribution in [0.3, 0.4) is 0 Å². The Morgan fingerprint density at radius 2 is 2.00 bits per heavy atom. The Balaban J connectivity index is 2.24. The topological polar surface area (TPSA) is 20.2 Å². The number of fused-ring (bicyclic) bond motifs is 5. The van der Waals surface area contributed by atoms with Crippen molar-refractivity contribution in [1.82, 2.24) is 0 Å². The molecule has 0 aromatic heterocycles. The summed E-state index contributed by atoms with van der Waals surface area (Å²) in [6.45, 7) is 0. The number of aliphatic hydroxyl groups is 1. The molecule has 1 fully saturated rings. The zero-order valence-electron chi connectivity index (χ0n) is 7.20. The first-order valence-corrected chi connectivity index (χ1v) is 5.13. The van der Waals surface area contributed by atoms with E-state index in [2.05, 4.69) is 6.07 Å². The number of aliphatic hydroxyl groups excluding tert-OH is 1. The molecule has 0 heterocycles. The van der Waals surface area contributed by atoms with Crippen molar-refractivity contribution in [2.75, 3.05) is 0 Å². The van der Waals surface area contributed by atoms with Gasteiger partial charge in [-0.15, -0.1) is 0 Å². The van der Waals surface area contributed by atoms with Gasteiger partial charge in [-0.25, -0.2) is 0 Å². The van der Waals surface area contributed by atoms with Gasteiger partial charge in [0.2, 0.25) is 0 Å². The third-order valence-electron chi connectivity index (χ3n) is 3.47. The van der Waals surface area contributed by atoms with E-state index in [1.165, 1.54) is 11.1 Å². The van der Waals surface area contributed by atoms with Crippen molar-refractivity contribution < 1.29 is 5.11 Å². The second kappa shape index (κ2) is 2.49. The molecule has 2 bridgehead atoms. The van der Waals surface area contributed by atoms with Crippen LogP contribution in [-0.2, 0) is 0 Å². The molecule has 0 spiro atoms. The molecule has 2 heteroatoms. The largest absolute Gasteiger partial charge is 0.392 e. The zero-order valence-corrected chi connectivity index (χ0v) is 7.96. The predicted molar refractivity (Wildman–Crippen MR) is 52.2 cm³/mol. The second-order valence-electron chi connectivity index (χ2n) is 4.02. The molecule has 2 aliphatic carbocycles. The lowest BCUT2D eigenvalue weighted by atomic mass is 9.92. The van der Waals surface area contributed by atoms with Crippen LogP contribution in [0.5, 0.6) is 0 Å². The highest BCUT2D eigenvalue weighted by atomic mass is 35.5. The van der Waals surface area contributed by atoms with Gasteiger partial charge in [0.25, 0.3) is 0 Å². The highest BCUT2D eigenvalue weighted by molar-refractivity contribution is 6.31. The van der Waals surface area contributed by atoms with Gasteiger partial charge in [0.1, 0.15) is 0 Å². The summed E-state index contributed by atoms with van der Waals surface area (Å²) in [6, 6.07) is 6.01. The van der Waals surface area contributed by atoms with E-state index in [-0.39, 0.29) is 6.10 Å². The maximum Gasteiger partial charge on any atom is 0.0677 e. The Kier molecular flexibility index (Phi) is 1.50. The van der Waals surface area contributed by atoms with Gasteiger partial charge in [-0.1, -0.05) is 23.7 Å². The second-order valence-corrected chi connectivity index (χ2v) is 4.43. The first-order chi connectivity index (χ1) is 6.29. The molecule has 3 atom stereocenters. The Morgan fingerprint density at radius 3 is 2.77 bits per heavy atom. The van der Waals surface area contributed by atoms with Crippen molar-refractivity contribution in [3.63, 3.8) is 0 Å². The minimum Gasteiger partial charge on any atom is -0.392 e. The van der Waals surface area contributed by atoms with E-state index in [1.54, 1.807) is 0 Å². The molecular weight excluding hydrogens is 184 g/mol. The maximum absolute atomic E-state index is 9.92. The maximum atomic E-state index is 9.92. The first-order valence-electron chi connectivity index (χ1n) is 4.75. The van der Waals surface area contributed by atoms with Crippen LogP contribution in [0.25, 0.3) is 0 Å². The van der Waals surface area contributed by atoms with Crippen LogP contribution in [0, 0.1) is 0 Å². The summed E-state index contributed by atoms with van der Waals surface area (Å²) in [6.07, 6.45) is 2.05. The highest BCUT2D eigenvalue weighted by Crippen LogP contribution is 2.54. The van der Waals surface area contributed by atoms with Crippen molar-refractivity contribution >= 4 is 11.6 Å². The molecule has 1 aromatic rings. The molecule has 0 aliphatic heterocycles. The minimum atomic E-state index is -0.171. The van der Waals surface area contributed by atoms with Crippen molar-refractivity contribution in [2.45, 2.75) is 30.8 Å². The summed E-state index contributed by atoms with van der Waals surface area (Å²) in [7, 11) is 0. The molecule has 1 nitrogen and oxygen atoms in total. The number of benzene rings is 1. The predicted octanol–water partition coefficient (Wildman–Crippen LogP) is 2.68. The Hall–Kier alpha value is -0.530. The SMILES string of the molecule is OC1C2CCC1c1c(Cl)cccc12. The monoisotopic (exact) mass is 194 g/mol. The molecule has 3 unspecified atom stereocenters. The van der Waals surface area contributed by atoms with Crippen molar-refractivity contribution in [2.24, 2.45) is 0 Å². The third-order valence-corrected chi connectivity index (χ3v) is 3.80.